The molecule has 152 valence electrons. The molecular weight excluding hydrogens is 338 g/mol. The van der Waals surface area contributed by atoms with Gasteiger partial charge in [0.25, 0.3) is 0 Å². The molecule has 3 heterocycles. The molecule has 2 atom stereocenters. The van der Waals surface area contributed by atoms with Gasteiger partial charge in [0.2, 0.25) is 0 Å². The van der Waals surface area contributed by atoms with Crippen molar-refractivity contribution in [1.29, 1.82) is 0 Å². The molecule has 2 N–H and O–H groups in total. The lowest BCUT2D eigenvalue weighted by Crippen LogP contribution is -2.49. The van der Waals surface area contributed by atoms with E-state index in [-0.39, 0.29) is 0 Å². The molecule has 7 nitrogen and oxygen atoms in total. The van der Waals surface area contributed by atoms with Crippen molar-refractivity contribution in [2.24, 2.45) is 16.8 Å². The van der Waals surface area contributed by atoms with Gasteiger partial charge in [0.15, 0.2) is 11.8 Å². The summed E-state index contributed by atoms with van der Waals surface area (Å²) in [7, 11) is 1.86. The first kappa shape index (κ1) is 20.1. The van der Waals surface area contributed by atoms with Gasteiger partial charge in [-0.2, -0.15) is 5.10 Å². The second kappa shape index (κ2) is 9.53. The maximum absolute atomic E-state index is 4.60. The number of aromatic nitrogens is 3. The van der Waals surface area contributed by atoms with E-state index in [1.807, 2.05) is 7.05 Å². The number of aliphatic imine (C=N–C) groups is 1. The van der Waals surface area contributed by atoms with Crippen LogP contribution in [-0.4, -0.2) is 64.9 Å². The second-order valence-corrected chi connectivity index (χ2v) is 8.47. The number of fused-ring (bicyclic) bond motifs is 1. The Morgan fingerprint density at radius 3 is 2.89 bits per heavy atom. The lowest BCUT2D eigenvalue weighted by molar-refractivity contribution is 0.159. The van der Waals surface area contributed by atoms with Crippen molar-refractivity contribution in [3.8, 4) is 0 Å². The van der Waals surface area contributed by atoms with Crippen molar-refractivity contribution >= 4 is 5.96 Å². The summed E-state index contributed by atoms with van der Waals surface area (Å²) in [5.74, 6) is 4.45. The average molecular weight is 376 g/mol. The maximum atomic E-state index is 4.60. The van der Waals surface area contributed by atoms with Crippen LogP contribution < -0.4 is 10.6 Å². The zero-order chi connectivity index (χ0) is 19.2. The Morgan fingerprint density at radius 2 is 2.15 bits per heavy atom. The van der Waals surface area contributed by atoms with Crippen LogP contribution in [0.2, 0.25) is 0 Å². The van der Waals surface area contributed by atoms with Crippen molar-refractivity contribution in [1.82, 2.24) is 30.3 Å². The molecule has 1 saturated heterocycles. The lowest BCUT2D eigenvalue weighted by Gasteiger charge is -2.34. The fraction of sp³-hybridized carbons (Fsp3) is 0.850. The van der Waals surface area contributed by atoms with E-state index in [9.17, 15) is 0 Å². The highest BCUT2D eigenvalue weighted by Crippen LogP contribution is 2.17. The summed E-state index contributed by atoms with van der Waals surface area (Å²) in [4.78, 5) is 11.7. The van der Waals surface area contributed by atoms with Crippen molar-refractivity contribution in [2.45, 2.75) is 65.5 Å². The average Bonchev–Trinajstić information content (AvgIpc) is 3.07. The van der Waals surface area contributed by atoms with E-state index >= 15 is 0 Å². The number of hydrogen-bond acceptors (Lipinski definition) is 4. The van der Waals surface area contributed by atoms with E-state index in [1.54, 1.807) is 0 Å². The Morgan fingerprint density at radius 1 is 1.30 bits per heavy atom. The summed E-state index contributed by atoms with van der Waals surface area (Å²) in [6.45, 7) is 12.3. The fourth-order valence-electron chi connectivity index (χ4n) is 4.26. The van der Waals surface area contributed by atoms with Crippen LogP contribution in [0.1, 0.15) is 51.7 Å². The minimum absolute atomic E-state index is 0.360. The van der Waals surface area contributed by atoms with Gasteiger partial charge in [-0.3, -0.25) is 4.99 Å². The molecule has 2 aliphatic rings. The Hall–Kier alpha value is -1.63. The standard InChI is InChI=1S/C20H37N7/c1-5-18-24-19-9-8-17(14-27(19)25-18)23-20(21-4)22-11-16-7-6-10-26(13-16)12-15(2)3/h15-17H,5-14H2,1-4H3,(H2,21,22,23). The molecule has 1 aromatic heterocycles. The predicted molar refractivity (Wildman–Crippen MR) is 110 cm³/mol. The number of rotatable bonds is 6. The molecule has 0 aliphatic carbocycles. The summed E-state index contributed by atoms with van der Waals surface area (Å²) in [6, 6.07) is 0.360. The Kier molecular flexibility index (Phi) is 7.10. The van der Waals surface area contributed by atoms with Gasteiger partial charge in [-0.25, -0.2) is 9.67 Å². The number of aryl methyl sites for hydroxylation is 2. The smallest absolute Gasteiger partial charge is 0.191 e. The largest absolute Gasteiger partial charge is 0.356 e. The number of piperidine rings is 1. The van der Waals surface area contributed by atoms with Crippen LogP contribution in [0.4, 0.5) is 0 Å². The highest BCUT2D eigenvalue weighted by molar-refractivity contribution is 5.79. The van der Waals surface area contributed by atoms with Crippen LogP contribution in [0, 0.1) is 11.8 Å². The summed E-state index contributed by atoms with van der Waals surface area (Å²) in [5.41, 5.74) is 0. The summed E-state index contributed by atoms with van der Waals surface area (Å²) >= 11 is 0. The molecule has 0 amide bonds. The van der Waals surface area contributed by atoms with Gasteiger partial charge in [0.05, 0.1) is 6.54 Å². The molecule has 0 aromatic carbocycles. The lowest BCUT2D eigenvalue weighted by atomic mass is 9.97. The quantitative estimate of drug-likeness (QED) is 0.585. The number of likely N-dealkylation sites (tertiary alicyclic amines) is 1. The topological polar surface area (TPSA) is 70.4 Å². The summed E-state index contributed by atoms with van der Waals surface area (Å²) in [6.07, 6.45) is 5.58. The second-order valence-electron chi connectivity index (χ2n) is 8.47. The van der Waals surface area contributed by atoms with E-state index < -0.39 is 0 Å². The zero-order valence-electron chi connectivity index (χ0n) is 17.5. The van der Waals surface area contributed by atoms with E-state index in [2.05, 4.69) is 56.1 Å². The number of nitrogens with one attached hydrogen (secondary N) is 2. The van der Waals surface area contributed by atoms with Crippen LogP contribution in [0.3, 0.4) is 0 Å². The fourth-order valence-corrected chi connectivity index (χ4v) is 4.26. The van der Waals surface area contributed by atoms with Crippen LogP contribution >= 0.6 is 0 Å². The Labute approximate surface area is 164 Å². The van der Waals surface area contributed by atoms with Gasteiger partial charge in [-0.15, -0.1) is 0 Å². The van der Waals surface area contributed by atoms with Crippen LogP contribution in [0.5, 0.6) is 0 Å². The van der Waals surface area contributed by atoms with Crippen LogP contribution in [-0.2, 0) is 19.4 Å². The molecule has 0 radical (unpaired) electrons. The van der Waals surface area contributed by atoms with Gasteiger partial charge in [-0.1, -0.05) is 20.8 Å². The van der Waals surface area contributed by atoms with Crippen molar-refractivity contribution in [2.75, 3.05) is 33.2 Å². The Bertz CT molecular complexity index is 622. The molecule has 2 aliphatic heterocycles. The molecule has 27 heavy (non-hydrogen) atoms. The highest BCUT2D eigenvalue weighted by Gasteiger charge is 2.23. The minimum Gasteiger partial charge on any atom is -0.356 e. The first-order valence-electron chi connectivity index (χ1n) is 10.7. The van der Waals surface area contributed by atoms with Crippen molar-refractivity contribution in [3.05, 3.63) is 11.6 Å². The van der Waals surface area contributed by atoms with Gasteiger partial charge < -0.3 is 15.5 Å². The molecule has 1 aromatic rings. The highest BCUT2D eigenvalue weighted by atomic mass is 15.4. The van der Waals surface area contributed by atoms with Gasteiger partial charge >= 0.3 is 0 Å². The molecule has 2 unspecified atom stereocenters. The molecule has 1 fully saturated rings. The van der Waals surface area contributed by atoms with Crippen molar-refractivity contribution < 1.29 is 0 Å². The number of nitrogens with zero attached hydrogens (tertiary/aromatic N) is 5. The van der Waals surface area contributed by atoms with E-state index in [4.69, 9.17) is 0 Å². The molecule has 0 bridgehead atoms. The molecule has 7 heteroatoms. The van der Waals surface area contributed by atoms with Gasteiger partial charge in [0, 0.05) is 45.6 Å². The summed E-state index contributed by atoms with van der Waals surface area (Å²) < 4.78 is 2.07. The normalized spacial score (nSPS) is 24.1. The third-order valence-electron chi connectivity index (χ3n) is 5.57. The number of hydrogen-bond donors (Lipinski definition) is 2. The SMILES string of the molecule is CCc1nc2n(n1)CC(NC(=NC)NCC1CCCN(CC(C)C)C1)CC2. The molecule has 0 spiro atoms. The molecule has 0 saturated carbocycles. The van der Waals surface area contributed by atoms with Crippen molar-refractivity contribution in [3.63, 3.8) is 0 Å². The summed E-state index contributed by atoms with van der Waals surface area (Å²) in [5, 5.41) is 11.8. The van der Waals surface area contributed by atoms with E-state index in [1.165, 1.54) is 32.5 Å². The van der Waals surface area contributed by atoms with E-state index in [0.717, 1.165) is 55.9 Å². The first-order chi connectivity index (χ1) is 13.1. The minimum atomic E-state index is 0.360. The first-order valence-corrected chi connectivity index (χ1v) is 10.7. The Balaban J connectivity index is 1.46. The molecule has 3 rings (SSSR count). The predicted octanol–water partition coefficient (Wildman–Crippen LogP) is 1.69. The molecular formula is C20H37N7. The van der Waals surface area contributed by atoms with Gasteiger partial charge in [0.1, 0.15) is 5.82 Å². The van der Waals surface area contributed by atoms with E-state index in [0.29, 0.717) is 12.0 Å². The third-order valence-corrected chi connectivity index (χ3v) is 5.57. The maximum Gasteiger partial charge on any atom is 0.191 e. The third kappa shape index (κ3) is 5.67. The van der Waals surface area contributed by atoms with Crippen LogP contribution in [0.25, 0.3) is 0 Å². The van der Waals surface area contributed by atoms with Gasteiger partial charge in [-0.05, 0) is 37.6 Å². The number of guanidine groups is 1. The monoisotopic (exact) mass is 375 g/mol. The zero-order valence-corrected chi connectivity index (χ0v) is 17.5. The van der Waals surface area contributed by atoms with Crippen LogP contribution in [0.15, 0.2) is 4.99 Å².